The largest absolute Gasteiger partial charge is 0.435 e. The van der Waals surface area contributed by atoms with Crippen LogP contribution in [0.4, 0.5) is 0 Å². The molecule has 1 heterocycles. The van der Waals surface area contributed by atoms with E-state index in [4.69, 9.17) is 16.3 Å². The van der Waals surface area contributed by atoms with Crippen molar-refractivity contribution in [3.8, 4) is 11.6 Å². The molecule has 0 radical (unpaired) electrons. The smallest absolute Gasteiger partial charge is 0.283 e. The van der Waals surface area contributed by atoms with Crippen molar-refractivity contribution in [3.63, 3.8) is 0 Å². The lowest BCUT2D eigenvalue weighted by Crippen LogP contribution is -2.07. The molecule has 0 aliphatic rings. The fourth-order valence-electron chi connectivity index (χ4n) is 1.09. The molecule has 0 spiro atoms. The molecule has 0 aliphatic carbocycles. The highest BCUT2D eigenvalue weighted by Crippen LogP contribution is 2.19. The minimum Gasteiger partial charge on any atom is -0.435 e. The molecule has 2 aromatic rings. The van der Waals surface area contributed by atoms with Crippen LogP contribution in [0, 0.1) is 0 Å². The molecule has 0 N–H and O–H groups in total. The van der Waals surface area contributed by atoms with Gasteiger partial charge in [0.1, 0.15) is 5.75 Å². The summed E-state index contributed by atoms with van der Waals surface area (Å²) in [6.45, 7) is 0. The summed E-state index contributed by atoms with van der Waals surface area (Å²) < 4.78 is 12.7. The highest BCUT2D eigenvalue weighted by atomic mass is 79.9. The molecule has 7 heteroatoms. The molecular weight excluding hydrogens is 328 g/mol. The van der Waals surface area contributed by atoms with Gasteiger partial charge in [0.2, 0.25) is 0 Å². The Morgan fingerprint density at radius 2 is 2.00 bits per heavy atom. The second-order valence-corrected chi connectivity index (χ2v) is 4.52. The quantitative estimate of drug-likeness (QED) is 0.809. The monoisotopic (exact) mass is 332 g/mol. The molecule has 0 aliphatic heterocycles. The van der Waals surface area contributed by atoms with Gasteiger partial charge < -0.3 is 4.74 Å². The molecule has 17 heavy (non-hydrogen) atoms. The summed E-state index contributed by atoms with van der Waals surface area (Å²) in [5, 5.41) is 0.638. The van der Waals surface area contributed by atoms with Crippen molar-refractivity contribution in [2.75, 3.05) is 0 Å². The fraction of sp³-hybridized carbons (Fsp3) is 0.100. The summed E-state index contributed by atoms with van der Waals surface area (Å²) in [5.74, 6) is 0.482. The van der Waals surface area contributed by atoms with Crippen molar-refractivity contribution in [3.05, 3.63) is 45.2 Å². The van der Waals surface area contributed by atoms with E-state index in [1.54, 1.807) is 12.1 Å². The summed E-state index contributed by atoms with van der Waals surface area (Å²) in [6, 6.07) is 7.30. The molecule has 0 unspecified atom stereocenters. The molecule has 0 fully saturated rings. The van der Waals surface area contributed by atoms with Gasteiger partial charge in [0.15, 0.2) is 5.15 Å². The summed E-state index contributed by atoms with van der Waals surface area (Å²) in [5.41, 5.74) is 0.609. The molecule has 2 rings (SSSR count). The van der Waals surface area contributed by atoms with Gasteiger partial charge >= 0.3 is 0 Å². The van der Waals surface area contributed by atoms with Crippen LogP contribution in [-0.2, 0) is 5.33 Å². The number of hydrogen-bond acceptors (Lipinski definition) is 5. The Morgan fingerprint density at radius 3 is 2.65 bits per heavy atom. The van der Waals surface area contributed by atoms with E-state index < -0.39 is 5.43 Å². The first-order valence-corrected chi connectivity index (χ1v) is 6.79. The Kier molecular flexibility index (Phi) is 4.09. The number of alkyl halides is 1. The lowest BCUT2D eigenvalue weighted by molar-refractivity contribution is 0.462. The lowest BCUT2D eigenvalue weighted by Gasteiger charge is -2.03. The second-order valence-electron chi connectivity index (χ2n) is 3.07. The van der Waals surface area contributed by atoms with Crippen LogP contribution < -0.4 is 10.2 Å². The van der Waals surface area contributed by atoms with E-state index in [1.807, 2.05) is 12.1 Å². The summed E-state index contributed by atoms with van der Waals surface area (Å²) in [7, 11) is 0. The molecule has 0 amide bonds. The van der Waals surface area contributed by atoms with E-state index in [1.165, 1.54) is 0 Å². The van der Waals surface area contributed by atoms with Gasteiger partial charge in [-0.2, -0.15) is 4.37 Å². The lowest BCUT2D eigenvalue weighted by atomic mass is 10.2. The standard InChI is InChI=1S/C10H6BrClN2O2S/c11-5-6-1-3-7(4-2-6)16-10-8(15)9(12)13-17-14-10/h1-4H,5H2. The van der Waals surface area contributed by atoms with E-state index in [0.29, 0.717) is 5.75 Å². The van der Waals surface area contributed by atoms with Crippen LogP contribution >= 0.6 is 39.3 Å². The predicted molar refractivity (Wildman–Crippen MR) is 70.3 cm³/mol. The number of benzene rings is 1. The van der Waals surface area contributed by atoms with Crippen molar-refractivity contribution in [2.45, 2.75) is 5.33 Å². The molecular formula is C10H6BrClN2O2S. The fourth-order valence-corrected chi connectivity index (χ4v) is 2.02. The van der Waals surface area contributed by atoms with Crippen molar-refractivity contribution in [1.82, 2.24) is 8.75 Å². The van der Waals surface area contributed by atoms with Crippen molar-refractivity contribution < 1.29 is 4.74 Å². The van der Waals surface area contributed by atoms with Crippen LogP contribution in [0.25, 0.3) is 0 Å². The number of hydrogen-bond donors (Lipinski definition) is 0. The van der Waals surface area contributed by atoms with Crippen LogP contribution in [0.1, 0.15) is 5.56 Å². The van der Waals surface area contributed by atoms with Gasteiger partial charge in [-0.3, -0.25) is 4.79 Å². The van der Waals surface area contributed by atoms with Crippen LogP contribution in [0.2, 0.25) is 5.15 Å². The number of halogens is 2. The molecule has 0 saturated heterocycles. The number of aromatic nitrogens is 2. The van der Waals surface area contributed by atoms with Gasteiger partial charge in [-0.05, 0) is 17.7 Å². The number of nitrogens with zero attached hydrogens (tertiary/aromatic N) is 2. The van der Waals surface area contributed by atoms with Crippen LogP contribution in [-0.4, -0.2) is 8.75 Å². The van der Waals surface area contributed by atoms with Crippen molar-refractivity contribution in [1.29, 1.82) is 0 Å². The Hall–Kier alpha value is -0.980. The SMILES string of the molecule is O=c1c(Cl)nsnc1Oc1ccc(CBr)cc1. The van der Waals surface area contributed by atoms with Gasteiger partial charge in [-0.1, -0.05) is 39.7 Å². The predicted octanol–water partition coefficient (Wildman–Crippen LogP) is 3.24. The highest BCUT2D eigenvalue weighted by molar-refractivity contribution is 9.08. The van der Waals surface area contributed by atoms with Crippen LogP contribution in [0.5, 0.6) is 11.6 Å². The third-order valence-corrected chi connectivity index (χ3v) is 3.43. The number of rotatable bonds is 3. The van der Waals surface area contributed by atoms with Crippen LogP contribution in [0.15, 0.2) is 29.1 Å². The zero-order valence-electron chi connectivity index (χ0n) is 8.39. The van der Waals surface area contributed by atoms with Gasteiger partial charge in [0.25, 0.3) is 11.3 Å². The normalized spacial score (nSPS) is 10.2. The maximum atomic E-state index is 11.5. The van der Waals surface area contributed by atoms with E-state index >= 15 is 0 Å². The average molecular weight is 334 g/mol. The Labute approximate surface area is 115 Å². The van der Waals surface area contributed by atoms with Crippen molar-refractivity contribution in [2.24, 2.45) is 0 Å². The van der Waals surface area contributed by atoms with Gasteiger partial charge in [-0.25, -0.2) is 0 Å². The average Bonchev–Trinajstić information content (AvgIpc) is 2.36. The first-order valence-electron chi connectivity index (χ1n) is 4.56. The Balaban J connectivity index is 2.25. The summed E-state index contributed by atoms with van der Waals surface area (Å²) >= 11 is 9.76. The molecule has 88 valence electrons. The zero-order chi connectivity index (χ0) is 12.3. The molecule has 0 saturated carbocycles. The Bertz CT molecular complexity index is 573. The maximum Gasteiger partial charge on any atom is 0.283 e. The third kappa shape index (κ3) is 3.02. The molecule has 1 aromatic heterocycles. The van der Waals surface area contributed by atoms with Gasteiger partial charge in [0.05, 0.1) is 11.7 Å². The minimum absolute atomic E-state index is 0.0541. The highest BCUT2D eigenvalue weighted by Gasteiger charge is 2.08. The maximum absolute atomic E-state index is 11.5. The van der Waals surface area contributed by atoms with E-state index in [-0.39, 0.29) is 11.0 Å². The number of ether oxygens (including phenoxy) is 1. The first kappa shape index (κ1) is 12.5. The molecule has 4 nitrogen and oxygen atoms in total. The molecule has 1 aromatic carbocycles. The summed E-state index contributed by atoms with van der Waals surface area (Å²) in [6.07, 6.45) is 0. The van der Waals surface area contributed by atoms with E-state index in [9.17, 15) is 4.79 Å². The van der Waals surface area contributed by atoms with E-state index in [0.717, 1.165) is 22.6 Å². The van der Waals surface area contributed by atoms with Crippen molar-refractivity contribution >= 4 is 39.3 Å². The zero-order valence-corrected chi connectivity index (χ0v) is 11.6. The second kappa shape index (κ2) is 5.57. The minimum atomic E-state index is -0.505. The third-order valence-electron chi connectivity index (χ3n) is 1.92. The molecule has 0 bridgehead atoms. The topological polar surface area (TPSA) is 52.1 Å². The van der Waals surface area contributed by atoms with Crippen LogP contribution in [0.3, 0.4) is 0 Å². The van der Waals surface area contributed by atoms with E-state index in [2.05, 4.69) is 24.7 Å². The molecule has 0 atom stereocenters. The Morgan fingerprint density at radius 1 is 1.29 bits per heavy atom. The van der Waals surface area contributed by atoms with Gasteiger partial charge in [0, 0.05) is 5.33 Å². The summed E-state index contributed by atoms with van der Waals surface area (Å²) in [4.78, 5) is 11.5. The van der Waals surface area contributed by atoms with Gasteiger partial charge in [-0.15, -0.1) is 4.37 Å². The first-order chi connectivity index (χ1) is 8.20.